The van der Waals surface area contributed by atoms with Gasteiger partial charge in [-0.05, 0) is 31.5 Å². The molecule has 21 heavy (non-hydrogen) atoms. The van der Waals surface area contributed by atoms with Crippen LogP contribution >= 0.6 is 11.3 Å². The van der Waals surface area contributed by atoms with Gasteiger partial charge in [-0.1, -0.05) is 30.3 Å². The lowest BCUT2D eigenvalue weighted by Crippen LogP contribution is -2.35. The minimum atomic E-state index is -0.248. The first-order valence-corrected chi connectivity index (χ1v) is 8.01. The first-order chi connectivity index (χ1) is 10.0. The van der Waals surface area contributed by atoms with Crippen LogP contribution in [0.25, 0.3) is 0 Å². The lowest BCUT2D eigenvalue weighted by Gasteiger charge is -2.16. The molecule has 0 fully saturated rings. The molecular weight excluding hydrogens is 280 g/mol. The maximum Gasteiger partial charge on any atom is 0.222 e. The van der Waals surface area contributed by atoms with Crippen molar-refractivity contribution in [2.75, 3.05) is 0 Å². The third-order valence-electron chi connectivity index (χ3n) is 3.34. The highest BCUT2D eigenvalue weighted by molar-refractivity contribution is 7.11. The van der Waals surface area contributed by atoms with E-state index in [1.807, 2.05) is 37.3 Å². The zero-order chi connectivity index (χ0) is 15.2. The van der Waals surface area contributed by atoms with E-state index in [-0.39, 0.29) is 18.0 Å². The maximum absolute atomic E-state index is 12.0. The van der Waals surface area contributed by atoms with E-state index in [0.29, 0.717) is 6.42 Å². The van der Waals surface area contributed by atoms with Gasteiger partial charge in [0.15, 0.2) is 0 Å². The Balaban J connectivity index is 1.81. The predicted octanol–water partition coefficient (Wildman–Crippen LogP) is 3.19. The molecule has 2 unspecified atom stereocenters. The number of nitrogens with two attached hydrogens (primary N) is 1. The van der Waals surface area contributed by atoms with E-state index in [9.17, 15) is 4.79 Å². The van der Waals surface area contributed by atoms with Gasteiger partial charge in [0, 0.05) is 34.7 Å². The van der Waals surface area contributed by atoms with Crippen LogP contribution in [0.1, 0.15) is 34.7 Å². The Morgan fingerprint density at radius 2 is 1.95 bits per heavy atom. The smallest absolute Gasteiger partial charge is 0.222 e. The van der Waals surface area contributed by atoms with Crippen molar-refractivity contribution in [3.05, 3.63) is 57.8 Å². The number of benzene rings is 1. The Hall–Kier alpha value is -1.65. The number of nitrogens with one attached hydrogen (secondary N) is 1. The zero-order valence-electron chi connectivity index (χ0n) is 12.5. The third-order valence-corrected chi connectivity index (χ3v) is 4.37. The summed E-state index contributed by atoms with van der Waals surface area (Å²) in [7, 11) is 0. The van der Waals surface area contributed by atoms with Gasteiger partial charge in [-0.25, -0.2) is 0 Å². The summed E-state index contributed by atoms with van der Waals surface area (Å²) in [6.45, 7) is 4.12. The van der Waals surface area contributed by atoms with Crippen LogP contribution in [-0.4, -0.2) is 11.9 Å². The van der Waals surface area contributed by atoms with Gasteiger partial charge < -0.3 is 11.1 Å². The fourth-order valence-electron chi connectivity index (χ4n) is 2.30. The molecule has 2 rings (SSSR count). The van der Waals surface area contributed by atoms with Crippen LogP contribution in [0.15, 0.2) is 42.5 Å². The Bertz CT molecular complexity index is 579. The molecule has 2 atom stereocenters. The van der Waals surface area contributed by atoms with Gasteiger partial charge in [0.2, 0.25) is 5.91 Å². The number of rotatable bonds is 6. The Labute approximate surface area is 130 Å². The number of carbonyl (C=O) groups excluding carboxylic acids is 1. The second-order valence-electron chi connectivity index (χ2n) is 5.41. The summed E-state index contributed by atoms with van der Waals surface area (Å²) in [5, 5.41) is 3.03. The van der Waals surface area contributed by atoms with Gasteiger partial charge in [-0.3, -0.25) is 4.79 Å². The van der Waals surface area contributed by atoms with Gasteiger partial charge in [0.25, 0.3) is 0 Å². The predicted molar refractivity (Wildman–Crippen MR) is 88.4 cm³/mol. The van der Waals surface area contributed by atoms with Crippen molar-refractivity contribution < 1.29 is 4.79 Å². The molecule has 1 amide bonds. The van der Waals surface area contributed by atoms with Crippen LogP contribution < -0.4 is 11.1 Å². The first-order valence-electron chi connectivity index (χ1n) is 7.20. The average Bonchev–Trinajstić information content (AvgIpc) is 2.84. The standard InChI is InChI=1S/C17H22N2OS/c1-12(10-15-9-8-13(2)21-15)19-17(20)11-16(18)14-6-4-3-5-7-14/h3-9,12,16H,10-11,18H2,1-2H3,(H,19,20). The molecule has 0 aliphatic heterocycles. The fourth-order valence-corrected chi connectivity index (χ4v) is 3.32. The van der Waals surface area contributed by atoms with Crippen LogP contribution in [0.3, 0.4) is 0 Å². The SMILES string of the molecule is Cc1ccc(CC(C)NC(=O)CC(N)c2ccccc2)s1. The second-order valence-corrected chi connectivity index (χ2v) is 6.78. The summed E-state index contributed by atoms with van der Waals surface area (Å²) >= 11 is 1.78. The lowest BCUT2D eigenvalue weighted by atomic mass is 10.0. The van der Waals surface area contributed by atoms with E-state index in [2.05, 4.69) is 24.4 Å². The molecule has 0 bridgehead atoms. The molecule has 0 radical (unpaired) electrons. The highest BCUT2D eigenvalue weighted by Gasteiger charge is 2.14. The monoisotopic (exact) mass is 302 g/mol. The molecule has 1 aromatic heterocycles. The fraction of sp³-hybridized carbons (Fsp3) is 0.353. The molecule has 0 saturated heterocycles. The van der Waals surface area contributed by atoms with E-state index >= 15 is 0 Å². The Morgan fingerprint density at radius 1 is 1.24 bits per heavy atom. The molecule has 1 heterocycles. The Morgan fingerprint density at radius 3 is 2.57 bits per heavy atom. The number of amides is 1. The van der Waals surface area contributed by atoms with Crippen LogP contribution in [0.4, 0.5) is 0 Å². The van der Waals surface area contributed by atoms with Crippen molar-refractivity contribution in [2.45, 2.75) is 38.8 Å². The quantitative estimate of drug-likeness (QED) is 0.861. The van der Waals surface area contributed by atoms with Crippen LogP contribution in [0, 0.1) is 6.92 Å². The Kier molecular flexibility index (Phi) is 5.53. The summed E-state index contributed by atoms with van der Waals surface area (Å²) in [5.74, 6) is 0.00660. The number of thiophene rings is 1. The average molecular weight is 302 g/mol. The van der Waals surface area contributed by atoms with E-state index in [1.165, 1.54) is 9.75 Å². The summed E-state index contributed by atoms with van der Waals surface area (Å²) in [5.41, 5.74) is 7.06. The van der Waals surface area contributed by atoms with Crippen LogP contribution in [0.2, 0.25) is 0 Å². The molecule has 2 aromatic rings. The number of hydrogen-bond acceptors (Lipinski definition) is 3. The highest BCUT2D eigenvalue weighted by atomic mass is 32.1. The topological polar surface area (TPSA) is 55.1 Å². The molecule has 0 saturated carbocycles. The molecular formula is C17H22N2OS. The van der Waals surface area contributed by atoms with Crippen molar-refractivity contribution in [3.8, 4) is 0 Å². The third kappa shape index (κ3) is 4.99. The normalized spacial score (nSPS) is 13.7. The minimum Gasteiger partial charge on any atom is -0.353 e. The van der Waals surface area contributed by atoms with Gasteiger partial charge >= 0.3 is 0 Å². The van der Waals surface area contributed by atoms with Crippen molar-refractivity contribution >= 4 is 17.2 Å². The largest absolute Gasteiger partial charge is 0.353 e. The van der Waals surface area contributed by atoms with E-state index < -0.39 is 0 Å². The second kappa shape index (κ2) is 7.38. The zero-order valence-corrected chi connectivity index (χ0v) is 13.3. The maximum atomic E-state index is 12.0. The van der Waals surface area contributed by atoms with Crippen molar-refractivity contribution in [1.82, 2.24) is 5.32 Å². The summed E-state index contributed by atoms with van der Waals surface area (Å²) in [4.78, 5) is 14.6. The number of hydrogen-bond donors (Lipinski definition) is 2. The van der Waals surface area contributed by atoms with E-state index in [4.69, 9.17) is 5.73 Å². The molecule has 1 aromatic carbocycles. The molecule has 4 heteroatoms. The van der Waals surface area contributed by atoms with E-state index in [1.54, 1.807) is 11.3 Å². The van der Waals surface area contributed by atoms with Crippen molar-refractivity contribution in [2.24, 2.45) is 5.73 Å². The number of carbonyl (C=O) groups is 1. The molecule has 3 nitrogen and oxygen atoms in total. The minimum absolute atomic E-state index is 0.00660. The lowest BCUT2D eigenvalue weighted by molar-refractivity contribution is -0.122. The highest BCUT2D eigenvalue weighted by Crippen LogP contribution is 2.17. The molecule has 112 valence electrons. The molecule has 3 N–H and O–H groups in total. The van der Waals surface area contributed by atoms with Crippen LogP contribution in [0.5, 0.6) is 0 Å². The van der Waals surface area contributed by atoms with Crippen molar-refractivity contribution in [3.63, 3.8) is 0 Å². The summed E-state index contributed by atoms with van der Waals surface area (Å²) in [6.07, 6.45) is 1.18. The molecule has 0 spiro atoms. The van der Waals surface area contributed by atoms with Gasteiger partial charge in [-0.15, -0.1) is 11.3 Å². The first kappa shape index (κ1) is 15.7. The molecule has 0 aliphatic rings. The summed E-state index contributed by atoms with van der Waals surface area (Å²) in [6, 6.07) is 13.8. The van der Waals surface area contributed by atoms with Gasteiger partial charge in [0.1, 0.15) is 0 Å². The van der Waals surface area contributed by atoms with Crippen LogP contribution in [-0.2, 0) is 11.2 Å². The van der Waals surface area contributed by atoms with Gasteiger partial charge in [0.05, 0.1) is 0 Å². The van der Waals surface area contributed by atoms with E-state index in [0.717, 1.165) is 12.0 Å². The summed E-state index contributed by atoms with van der Waals surface area (Å²) < 4.78 is 0. The number of aryl methyl sites for hydroxylation is 1. The van der Waals surface area contributed by atoms with Gasteiger partial charge in [-0.2, -0.15) is 0 Å². The van der Waals surface area contributed by atoms with Crippen molar-refractivity contribution in [1.29, 1.82) is 0 Å². The molecule has 0 aliphatic carbocycles.